The summed E-state index contributed by atoms with van der Waals surface area (Å²) in [4.78, 5) is 3.18. The molecule has 6 nitrogen and oxygen atoms in total. The summed E-state index contributed by atoms with van der Waals surface area (Å²) in [7, 11) is -1.87. The van der Waals surface area contributed by atoms with Crippen LogP contribution < -0.4 is 0 Å². The Morgan fingerprint density at radius 3 is 2.86 bits per heavy atom. The standard InChI is InChI=1S/C7H9N3O3S/c1-8-6-4-9-10(2)7(6)5-13-14(3,11)12/h4H,5H2,2-3H3. The molecule has 0 spiro atoms. The molecule has 0 aliphatic heterocycles. The third-order valence-electron chi connectivity index (χ3n) is 1.57. The molecule has 0 atom stereocenters. The molecule has 0 unspecified atom stereocenters. The van der Waals surface area contributed by atoms with Crippen LogP contribution in [0.2, 0.25) is 0 Å². The van der Waals surface area contributed by atoms with Crippen LogP contribution in [0, 0.1) is 6.57 Å². The van der Waals surface area contributed by atoms with Gasteiger partial charge in [0.2, 0.25) is 5.69 Å². The van der Waals surface area contributed by atoms with Gasteiger partial charge in [0.05, 0.1) is 31.3 Å². The second kappa shape index (κ2) is 3.77. The van der Waals surface area contributed by atoms with Gasteiger partial charge in [-0.05, 0) is 0 Å². The van der Waals surface area contributed by atoms with Crippen LogP contribution in [0.1, 0.15) is 5.69 Å². The van der Waals surface area contributed by atoms with Crippen LogP contribution in [0.5, 0.6) is 0 Å². The first-order valence-electron chi connectivity index (χ1n) is 3.67. The molecule has 0 aromatic carbocycles. The molecule has 1 heterocycles. The predicted octanol–water partition coefficient (Wildman–Crippen LogP) is 0.447. The lowest BCUT2D eigenvalue weighted by Gasteiger charge is -2.02. The van der Waals surface area contributed by atoms with Crippen molar-refractivity contribution >= 4 is 15.8 Å². The van der Waals surface area contributed by atoms with Crippen LogP contribution in [0.15, 0.2) is 6.20 Å². The predicted molar refractivity (Wildman–Crippen MR) is 49.1 cm³/mol. The Morgan fingerprint density at radius 2 is 2.36 bits per heavy atom. The normalized spacial score (nSPS) is 11.2. The van der Waals surface area contributed by atoms with Crippen molar-refractivity contribution in [2.75, 3.05) is 6.26 Å². The van der Waals surface area contributed by atoms with E-state index in [0.29, 0.717) is 11.4 Å². The highest BCUT2D eigenvalue weighted by Gasteiger charge is 2.11. The average Bonchev–Trinajstić information content (AvgIpc) is 2.41. The monoisotopic (exact) mass is 215 g/mol. The number of aromatic nitrogens is 2. The molecule has 14 heavy (non-hydrogen) atoms. The molecule has 0 fully saturated rings. The van der Waals surface area contributed by atoms with Crippen molar-refractivity contribution in [1.82, 2.24) is 9.78 Å². The highest BCUT2D eigenvalue weighted by Crippen LogP contribution is 2.18. The van der Waals surface area contributed by atoms with E-state index < -0.39 is 10.1 Å². The Bertz CT molecular complexity index is 469. The molecule has 7 heteroatoms. The minimum Gasteiger partial charge on any atom is -0.282 e. The van der Waals surface area contributed by atoms with Gasteiger partial charge < -0.3 is 0 Å². The molecule has 0 amide bonds. The summed E-state index contributed by atoms with van der Waals surface area (Å²) in [5.74, 6) is 0. The Hall–Kier alpha value is -1.39. The maximum atomic E-state index is 10.7. The molecular weight excluding hydrogens is 206 g/mol. The fourth-order valence-electron chi connectivity index (χ4n) is 0.875. The van der Waals surface area contributed by atoms with E-state index in [9.17, 15) is 8.42 Å². The maximum absolute atomic E-state index is 10.7. The van der Waals surface area contributed by atoms with Crippen LogP contribution in [-0.2, 0) is 28.0 Å². The number of nitrogens with zero attached hydrogens (tertiary/aromatic N) is 3. The zero-order chi connectivity index (χ0) is 10.8. The van der Waals surface area contributed by atoms with Crippen molar-refractivity contribution in [3.8, 4) is 0 Å². The minimum absolute atomic E-state index is 0.160. The van der Waals surface area contributed by atoms with Gasteiger partial charge in [-0.25, -0.2) is 4.85 Å². The molecule has 76 valence electrons. The first-order valence-corrected chi connectivity index (χ1v) is 5.48. The molecule has 0 radical (unpaired) electrons. The lowest BCUT2D eigenvalue weighted by Crippen LogP contribution is -2.06. The highest BCUT2D eigenvalue weighted by atomic mass is 32.2. The van der Waals surface area contributed by atoms with Gasteiger partial charge in [0.1, 0.15) is 0 Å². The molecular formula is C7H9N3O3S. The molecule has 0 aliphatic carbocycles. The van der Waals surface area contributed by atoms with E-state index in [1.54, 1.807) is 7.05 Å². The second-order valence-electron chi connectivity index (χ2n) is 2.68. The quantitative estimate of drug-likeness (QED) is 0.542. The third kappa shape index (κ3) is 2.55. The summed E-state index contributed by atoms with van der Waals surface area (Å²) >= 11 is 0. The summed E-state index contributed by atoms with van der Waals surface area (Å²) in [6.45, 7) is 6.64. The lowest BCUT2D eigenvalue weighted by molar-refractivity contribution is 0.302. The lowest BCUT2D eigenvalue weighted by atomic mass is 10.4. The first kappa shape index (κ1) is 10.7. The average molecular weight is 215 g/mol. The smallest absolute Gasteiger partial charge is 0.264 e. The van der Waals surface area contributed by atoms with Crippen molar-refractivity contribution in [3.63, 3.8) is 0 Å². The van der Waals surface area contributed by atoms with Gasteiger partial charge in [-0.1, -0.05) is 0 Å². The largest absolute Gasteiger partial charge is 0.282 e. The van der Waals surface area contributed by atoms with Crippen LogP contribution in [0.25, 0.3) is 4.85 Å². The van der Waals surface area contributed by atoms with Gasteiger partial charge in [0.15, 0.2) is 0 Å². The first-order chi connectivity index (χ1) is 6.44. The van der Waals surface area contributed by atoms with Crippen molar-refractivity contribution in [3.05, 3.63) is 23.3 Å². The van der Waals surface area contributed by atoms with E-state index in [4.69, 9.17) is 6.57 Å². The number of aryl methyl sites for hydroxylation is 1. The van der Waals surface area contributed by atoms with Crippen molar-refractivity contribution in [2.45, 2.75) is 6.61 Å². The molecule has 0 saturated carbocycles. The fourth-order valence-corrected chi connectivity index (χ4v) is 1.20. The Balaban J connectivity index is 2.87. The SMILES string of the molecule is [C-]#[N+]c1cnn(C)c1COS(C)(=O)=O. The van der Waals surface area contributed by atoms with Gasteiger partial charge in [-0.3, -0.25) is 8.86 Å². The zero-order valence-electron chi connectivity index (χ0n) is 7.76. The van der Waals surface area contributed by atoms with Gasteiger partial charge >= 0.3 is 0 Å². The third-order valence-corrected chi connectivity index (χ3v) is 2.12. The maximum Gasteiger partial charge on any atom is 0.264 e. The van der Waals surface area contributed by atoms with Crippen LogP contribution in [-0.4, -0.2) is 24.5 Å². The van der Waals surface area contributed by atoms with Crippen molar-refractivity contribution < 1.29 is 12.6 Å². The molecule has 0 saturated heterocycles. The van der Waals surface area contributed by atoms with Gasteiger partial charge in [0.25, 0.3) is 10.1 Å². The van der Waals surface area contributed by atoms with Crippen molar-refractivity contribution in [1.29, 1.82) is 0 Å². The van der Waals surface area contributed by atoms with Crippen LogP contribution >= 0.6 is 0 Å². The van der Waals surface area contributed by atoms with E-state index in [-0.39, 0.29) is 6.61 Å². The van der Waals surface area contributed by atoms with Gasteiger partial charge in [-0.15, -0.1) is 0 Å². The zero-order valence-corrected chi connectivity index (χ0v) is 8.58. The molecule has 0 bridgehead atoms. The van der Waals surface area contributed by atoms with Gasteiger partial charge in [-0.2, -0.15) is 13.5 Å². The van der Waals surface area contributed by atoms with E-state index in [1.165, 1.54) is 10.9 Å². The van der Waals surface area contributed by atoms with Crippen LogP contribution in [0.4, 0.5) is 5.69 Å². The Kier molecular flexibility index (Phi) is 2.88. The van der Waals surface area contributed by atoms with E-state index >= 15 is 0 Å². The molecule has 1 rings (SSSR count). The minimum atomic E-state index is -3.49. The van der Waals surface area contributed by atoms with Gasteiger partial charge in [0, 0.05) is 7.05 Å². The van der Waals surface area contributed by atoms with Crippen molar-refractivity contribution in [2.24, 2.45) is 7.05 Å². The molecule has 0 N–H and O–H groups in total. The van der Waals surface area contributed by atoms with Crippen LogP contribution in [0.3, 0.4) is 0 Å². The van der Waals surface area contributed by atoms with E-state index in [1.807, 2.05) is 0 Å². The number of rotatable bonds is 3. The summed E-state index contributed by atoms with van der Waals surface area (Å²) < 4.78 is 27.4. The molecule has 1 aromatic rings. The highest BCUT2D eigenvalue weighted by molar-refractivity contribution is 7.85. The number of hydrogen-bond acceptors (Lipinski definition) is 4. The van der Waals surface area contributed by atoms with E-state index in [0.717, 1.165) is 6.26 Å². The van der Waals surface area contributed by atoms with E-state index in [2.05, 4.69) is 14.1 Å². The number of hydrogen-bond donors (Lipinski definition) is 0. The fraction of sp³-hybridized carbons (Fsp3) is 0.429. The second-order valence-corrected chi connectivity index (χ2v) is 4.32. The summed E-state index contributed by atoms with van der Waals surface area (Å²) in [6.07, 6.45) is 2.33. The Morgan fingerprint density at radius 1 is 1.71 bits per heavy atom. The summed E-state index contributed by atoms with van der Waals surface area (Å²) in [6, 6.07) is 0. The molecule has 0 aliphatic rings. The summed E-state index contributed by atoms with van der Waals surface area (Å²) in [5.41, 5.74) is 0.751. The Labute approximate surface area is 82.0 Å². The molecule has 1 aromatic heterocycles. The topological polar surface area (TPSA) is 65.6 Å². The summed E-state index contributed by atoms with van der Waals surface area (Å²) in [5, 5.41) is 3.82.